The van der Waals surface area contributed by atoms with Gasteiger partial charge in [-0.2, -0.15) is 0 Å². The molecule has 0 radical (unpaired) electrons. The molecule has 3 nitrogen and oxygen atoms in total. The van der Waals surface area contributed by atoms with Crippen LogP contribution in [0.15, 0.2) is 18.2 Å². The van der Waals surface area contributed by atoms with Gasteiger partial charge in [0.1, 0.15) is 11.5 Å². The van der Waals surface area contributed by atoms with E-state index < -0.39 is 0 Å². The summed E-state index contributed by atoms with van der Waals surface area (Å²) >= 11 is 6.32. The summed E-state index contributed by atoms with van der Waals surface area (Å²) < 4.78 is 0. The number of carbonyl (C=O) groups is 2. The minimum absolute atomic E-state index is 0.00405. The number of phenols is 1. The fourth-order valence-electron chi connectivity index (χ4n) is 4.28. The van der Waals surface area contributed by atoms with Gasteiger partial charge in [0, 0.05) is 17.8 Å². The number of fused-ring (bicyclic) bond motifs is 3. The lowest BCUT2D eigenvalue weighted by atomic mass is 9.61. The van der Waals surface area contributed by atoms with Crippen molar-refractivity contribution in [2.45, 2.75) is 46.0 Å². The summed E-state index contributed by atoms with van der Waals surface area (Å²) in [6.45, 7) is 3.70. The van der Waals surface area contributed by atoms with Gasteiger partial charge in [-0.25, -0.2) is 0 Å². The molecule has 2 aliphatic carbocycles. The molecule has 0 bridgehead atoms. The second-order valence-corrected chi connectivity index (χ2v) is 7.13. The van der Waals surface area contributed by atoms with Gasteiger partial charge in [-0.1, -0.05) is 37.4 Å². The molecule has 1 N–H and O–H groups in total. The molecule has 23 heavy (non-hydrogen) atoms. The Balaban J connectivity index is 2.21. The number of benzene rings is 1. The Bertz CT molecular complexity index is 720. The van der Waals surface area contributed by atoms with E-state index in [1.807, 2.05) is 6.07 Å². The van der Waals surface area contributed by atoms with Gasteiger partial charge in [0.2, 0.25) is 0 Å². The third-order valence-electron chi connectivity index (χ3n) is 5.39. The van der Waals surface area contributed by atoms with Crippen molar-refractivity contribution in [2.75, 3.05) is 0 Å². The maximum atomic E-state index is 12.3. The molecule has 1 aromatic carbocycles. The highest BCUT2D eigenvalue weighted by Crippen LogP contribution is 2.59. The van der Waals surface area contributed by atoms with Crippen LogP contribution in [0.3, 0.4) is 0 Å². The van der Waals surface area contributed by atoms with Crippen molar-refractivity contribution >= 4 is 28.7 Å². The molecule has 0 saturated heterocycles. The molecular weight excluding hydrogens is 312 g/mol. The van der Waals surface area contributed by atoms with Crippen molar-refractivity contribution in [3.05, 3.63) is 34.4 Å². The molecule has 2 unspecified atom stereocenters. The molecule has 0 amide bonds. The van der Waals surface area contributed by atoms with Gasteiger partial charge in [0.25, 0.3) is 0 Å². The zero-order chi connectivity index (χ0) is 16.8. The number of Topliss-reactive ketones (excluding diaryl/α,β-unsaturated/α-hetero) is 1. The van der Waals surface area contributed by atoms with Crippen molar-refractivity contribution in [1.29, 1.82) is 0 Å². The van der Waals surface area contributed by atoms with E-state index in [1.165, 1.54) is 0 Å². The number of hydrogen-bond acceptors (Lipinski definition) is 3. The van der Waals surface area contributed by atoms with E-state index in [4.69, 9.17) is 11.6 Å². The molecule has 0 fully saturated rings. The number of hydrogen-bond donors (Lipinski definition) is 1. The van der Waals surface area contributed by atoms with E-state index in [1.54, 1.807) is 19.1 Å². The first-order valence-corrected chi connectivity index (χ1v) is 8.54. The summed E-state index contributed by atoms with van der Waals surface area (Å²) in [7, 11) is 0. The van der Waals surface area contributed by atoms with Gasteiger partial charge in [-0.15, -0.1) is 0 Å². The summed E-state index contributed by atoms with van der Waals surface area (Å²) in [6.07, 6.45) is 5.49. The molecular formula is C19H21ClO3. The van der Waals surface area contributed by atoms with Gasteiger partial charge in [0.05, 0.1) is 5.02 Å². The maximum Gasteiger partial charge on any atom is 0.156 e. The van der Waals surface area contributed by atoms with Gasteiger partial charge in [-0.3, -0.25) is 9.59 Å². The molecule has 0 aliphatic heterocycles. The minimum Gasteiger partial charge on any atom is -0.506 e. The molecule has 2 aliphatic rings. The van der Waals surface area contributed by atoms with Gasteiger partial charge in [-0.05, 0) is 48.6 Å². The maximum absolute atomic E-state index is 12.3. The predicted octanol–water partition coefficient (Wildman–Crippen LogP) is 4.34. The van der Waals surface area contributed by atoms with Crippen LogP contribution < -0.4 is 0 Å². The van der Waals surface area contributed by atoms with Crippen LogP contribution in [0.4, 0.5) is 0 Å². The van der Waals surface area contributed by atoms with Gasteiger partial charge >= 0.3 is 0 Å². The van der Waals surface area contributed by atoms with E-state index in [2.05, 4.69) is 6.92 Å². The molecule has 1 aromatic rings. The van der Waals surface area contributed by atoms with Crippen LogP contribution in [0.1, 0.15) is 50.7 Å². The highest BCUT2D eigenvalue weighted by atomic mass is 35.5. The van der Waals surface area contributed by atoms with E-state index in [0.29, 0.717) is 11.4 Å². The number of carbonyl (C=O) groups excluding carboxylic acids is 2. The summed E-state index contributed by atoms with van der Waals surface area (Å²) in [4.78, 5) is 24.5. The van der Waals surface area contributed by atoms with Crippen LogP contribution in [0, 0.1) is 11.3 Å². The summed E-state index contributed by atoms with van der Waals surface area (Å²) in [5, 5.41) is 10.3. The minimum atomic E-state index is -0.352. The first kappa shape index (κ1) is 16.3. The zero-order valence-electron chi connectivity index (χ0n) is 13.5. The predicted molar refractivity (Wildman–Crippen MR) is 90.6 cm³/mol. The molecule has 0 heterocycles. The first-order chi connectivity index (χ1) is 10.9. The average Bonchev–Trinajstić information content (AvgIpc) is 2.83. The smallest absolute Gasteiger partial charge is 0.156 e. The van der Waals surface area contributed by atoms with Crippen LogP contribution in [0.2, 0.25) is 5.02 Å². The Hall–Kier alpha value is -1.61. The lowest BCUT2D eigenvalue weighted by Gasteiger charge is -2.40. The van der Waals surface area contributed by atoms with Crippen molar-refractivity contribution < 1.29 is 14.7 Å². The Kier molecular flexibility index (Phi) is 4.09. The van der Waals surface area contributed by atoms with Crippen LogP contribution in [-0.2, 0) is 16.0 Å². The van der Waals surface area contributed by atoms with Crippen LogP contribution in [0.5, 0.6) is 5.75 Å². The number of allylic oxidation sites excluding steroid dienone is 2. The number of phenolic OH excluding ortho intramolecular Hbond substituents is 1. The van der Waals surface area contributed by atoms with Crippen molar-refractivity contribution in [1.82, 2.24) is 0 Å². The zero-order valence-corrected chi connectivity index (χ0v) is 14.2. The number of unbranched alkanes of at least 4 members (excludes halogenated alkanes) is 1. The molecule has 0 aromatic heterocycles. The number of aromatic hydroxyl groups is 1. The fraction of sp³-hybridized carbons (Fsp3) is 0.474. The molecule has 0 spiro atoms. The Morgan fingerprint density at radius 3 is 2.83 bits per heavy atom. The number of rotatable bonds is 4. The highest BCUT2D eigenvalue weighted by molar-refractivity contribution is 6.33. The third-order valence-corrected chi connectivity index (χ3v) is 5.81. The fourth-order valence-corrected chi connectivity index (χ4v) is 4.52. The topological polar surface area (TPSA) is 54.4 Å². The van der Waals surface area contributed by atoms with Crippen LogP contribution in [-0.4, -0.2) is 16.7 Å². The standard InChI is InChI=1S/C19H21ClO3/c1-3-4-7-19-10-14-13(5-6-17(23)18(14)20)16(19)9-12(22)8-15(19)11(2)21/h5-6,9,15,23H,3-4,7-8,10H2,1-2H3. The Labute approximate surface area is 141 Å². The second-order valence-electron chi connectivity index (χ2n) is 6.75. The van der Waals surface area contributed by atoms with E-state index >= 15 is 0 Å². The SMILES string of the molecule is CCCCC12Cc3c(ccc(O)c3Cl)C1=CC(=O)CC2C(C)=O. The number of halogens is 1. The average molecular weight is 333 g/mol. The monoisotopic (exact) mass is 332 g/mol. The van der Waals surface area contributed by atoms with E-state index in [-0.39, 0.29) is 35.1 Å². The van der Waals surface area contributed by atoms with Crippen LogP contribution >= 0.6 is 11.6 Å². The summed E-state index contributed by atoms with van der Waals surface area (Å²) in [5.41, 5.74) is 2.38. The van der Waals surface area contributed by atoms with Crippen LogP contribution in [0.25, 0.3) is 5.57 Å². The van der Waals surface area contributed by atoms with Gasteiger partial charge < -0.3 is 5.11 Å². The molecule has 3 rings (SSSR count). The van der Waals surface area contributed by atoms with Gasteiger partial charge in [0.15, 0.2) is 5.78 Å². The Morgan fingerprint density at radius 1 is 1.43 bits per heavy atom. The normalized spacial score (nSPS) is 25.8. The van der Waals surface area contributed by atoms with Crippen molar-refractivity contribution in [2.24, 2.45) is 11.3 Å². The Morgan fingerprint density at radius 2 is 2.17 bits per heavy atom. The summed E-state index contributed by atoms with van der Waals surface area (Å²) in [5.74, 6) is -0.175. The molecule has 4 heteroatoms. The first-order valence-electron chi connectivity index (χ1n) is 8.17. The van der Waals surface area contributed by atoms with E-state index in [0.717, 1.165) is 36.0 Å². The lowest BCUT2D eigenvalue weighted by molar-refractivity contribution is -0.128. The second kappa shape index (κ2) is 5.79. The summed E-state index contributed by atoms with van der Waals surface area (Å²) in [6, 6.07) is 3.39. The molecule has 2 atom stereocenters. The third kappa shape index (κ3) is 2.42. The lowest BCUT2D eigenvalue weighted by Crippen LogP contribution is -2.39. The highest BCUT2D eigenvalue weighted by Gasteiger charge is 2.52. The molecule has 122 valence electrons. The van der Waals surface area contributed by atoms with Crippen molar-refractivity contribution in [3.63, 3.8) is 0 Å². The largest absolute Gasteiger partial charge is 0.506 e. The van der Waals surface area contributed by atoms with E-state index in [9.17, 15) is 14.7 Å². The number of ketones is 2. The molecule has 0 saturated carbocycles. The quantitative estimate of drug-likeness (QED) is 0.892. The van der Waals surface area contributed by atoms with Crippen molar-refractivity contribution in [3.8, 4) is 5.75 Å².